The van der Waals surface area contributed by atoms with Gasteiger partial charge in [-0.15, -0.1) is 24.8 Å². The molecule has 2 fully saturated rings. The van der Waals surface area contributed by atoms with E-state index in [2.05, 4.69) is 29.2 Å². The number of hydrogen-bond donors (Lipinski definition) is 1. The molecule has 0 spiro atoms. The van der Waals surface area contributed by atoms with E-state index in [0.29, 0.717) is 25.2 Å². The van der Waals surface area contributed by atoms with Gasteiger partial charge in [0.05, 0.1) is 23.7 Å². The van der Waals surface area contributed by atoms with Crippen molar-refractivity contribution in [2.24, 2.45) is 0 Å². The molecule has 0 bridgehead atoms. The molecule has 8 nitrogen and oxygen atoms in total. The first-order valence-electron chi connectivity index (χ1n) is 10.1. The van der Waals surface area contributed by atoms with Crippen LogP contribution in [0.25, 0.3) is 11.0 Å². The second-order valence-electron chi connectivity index (χ2n) is 8.04. The van der Waals surface area contributed by atoms with Crippen LogP contribution in [0.15, 0.2) is 12.3 Å². The lowest BCUT2D eigenvalue weighted by Crippen LogP contribution is -2.57. The zero-order valence-electron chi connectivity index (χ0n) is 17.6. The Morgan fingerprint density at radius 2 is 2.03 bits per heavy atom. The van der Waals surface area contributed by atoms with Gasteiger partial charge in [-0.3, -0.25) is 9.59 Å². The molecule has 2 amide bonds. The molecular weight excluding hydrogens is 427 g/mol. The summed E-state index contributed by atoms with van der Waals surface area (Å²) in [5.41, 5.74) is 2.22. The summed E-state index contributed by atoms with van der Waals surface area (Å²) >= 11 is 0. The molecule has 0 saturated carbocycles. The molecule has 4 rings (SSSR count). The van der Waals surface area contributed by atoms with Crippen LogP contribution in [0.2, 0.25) is 0 Å². The van der Waals surface area contributed by atoms with Crippen LogP contribution in [-0.4, -0.2) is 75.1 Å². The highest BCUT2D eigenvalue weighted by Gasteiger charge is 2.32. The second kappa shape index (κ2) is 9.94. The minimum atomic E-state index is 0. The summed E-state index contributed by atoms with van der Waals surface area (Å²) in [7, 11) is 0. The number of rotatable bonds is 3. The maximum atomic E-state index is 13.4. The molecule has 166 valence electrons. The van der Waals surface area contributed by atoms with Gasteiger partial charge in [-0.2, -0.15) is 5.10 Å². The molecule has 2 aromatic heterocycles. The van der Waals surface area contributed by atoms with Gasteiger partial charge >= 0.3 is 0 Å². The lowest BCUT2D eigenvalue weighted by Gasteiger charge is -2.41. The first-order valence-corrected chi connectivity index (χ1v) is 10.1. The quantitative estimate of drug-likeness (QED) is 0.764. The highest BCUT2D eigenvalue weighted by atomic mass is 35.5. The molecule has 10 heteroatoms. The van der Waals surface area contributed by atoms with E-state index in [-0.39, 0.29) is 48.7 Å². The Labute approximate surface area is 189 Å². The maximum Gasteiger partial charge on any atom is 0.254 e. The lowest BCUT2D eigenvalue weighted by molar-refractivity contribution is -0.135. The number of fused-ring (bicyclic) bond motifs is 1. The van der Waals surface area contributed by atoms with Crippen LogP contribution < -0.4 is 5.32 Å². The molecule has 4 heterocycles. The molecule has 1 unspecified atom stereocenters. The summed E-state index contributed by atoms with van der Waals surface area (Å²) in [6.07, 6.45) is 3.61. The van der Waals surface area contributed by atoms with Crippen molar-refractivity contribution in [3.63, 3.8) is 0 Å². The average molecular weight is 457 g/mol. The molecule has 0 aromatic carbocycles. The van der Waals surface area contributed by atoms with Crippen LogP contribution in [0.5, 0.6) is 0 Å². The molecule has 0 aliphatic carbocycles. The molecule has 2 saturated heterocycles. The summed E-state index contributed by atoms with van der Waals surface area (Å²) < 4.78 is 1.86. The smallest absolute Gasteiger partial charge is 0.254 e. The van der Waals surface area contributed by atoms with Gasteiger partial charge in [0, 0.05) is 44.0 Å². The van der Waals surface area contributed by atoms with Gasteiger partial charge in [-0.1, -0.05) is 0 Å². The number of likely N-dealkylation sites (tertiary alicyclic amines) is 1. The van der Waals surface area contributed by atoms with Gasteiger partial charge in [-0.05, 0) is 39.7 Å². The molecule has 1 atom stereocenters. The topological polar surface area (TPSA) is 83.4 Å². The third-order valence-corrected chi connectivity index (χ3v) is 5.66. The monoisotopic (exact) mass is 456 g/mol. The van der Waals surface area contributed by atoms with Crippen LogP contribution in [0.3, 0.4) is 0 Å². The molecule has 2 aromatic rings. The predicted octanol–water partition coefficient (Wildman–Crippen LogP) is 2.20. The van der Waals surface area contributed by atoms with Gasteiger partial charge in [-0.25, -0.2) is 9.67 Å². The Balaban J connectivity index is 0.00000160. The fourth-order valence-corrected chi connectivity index (χ4v) is 4.27. The fourth-order valence-electron chi connectivity index (χ4n) is 4.27. The number of piperidine rings is 1. The molecule has 2 aliphatic heterocycles. The third-order valence-electron chi connectivity index (χ3n) is 5.66. The molecule has 1 N–H and O–H groups in total. The number of nitrogens with one attached hydrogen (secondary N) is 1. The van der Waals surface area contributed by atoms with Crippen molar-refractivity contribution in [3.05, 3.63) is 23.5 Å². The predicted molar refractivity (Wildman–Crippen MR) is 121 cm³/mol. The Bertz CT molecular complexity index is 916. The lowest BCUT2D eigenvalue weighted by atomic mass is 10.0. The fraction of sp³-hybridized carbons (Fsp3) is 0.600. The van der Waals surface area contributed by atoms with Gasteiger partial charge in [0.25, 0.3) is 5.91 Å². The minimum absolute atomic E-state index is 0. The number of hydrogen-bond acceptors (Lipinski definition) is 5. The van der Waals surface area contributed by atoms with Crippen molar-refractivity contribution in [3.8, 4) is 0 Å². The number of aromatic nitrogens is 3. The Morgan fingerprint density at radius 1 is 1.27 bits per heavy atom. The van der Waals surface area contributed by atoms with Crippen molar-refractivity contribution in [1.82, 2.24) is 29.9 Å². The average Bonchev–Trinajstić information content (AvgIpc) is 3.11. The number of carbonyl (C=O) groups excluding carboxylic acids is 2. The number of pyridine rings is 1. The summed E-state index contributed by atoms with van der Waals surface area (Å²) in [5, 5.41) is 8.36. The first-order chi connectivity index (χ1) is 13.5. The van der Waals surface area contributed by atoms with E-state index in [1.165, 1.54) is 0 Å². The summed E-state index contributed by atoms with van der Waals surface area (Å²) in [4.78, 5) is 34.1. The van der Waals surface area contributed by atoms with Crippen molar-refractivity contribution in [2.75, 3.05) is 32.7 Å². The van der Waals surface area contributed by atoms with Crippen LogP contribution in [0, 0.1) is 6.92 Å². The number of nitrogens with zero attached hydrogens (tertiary/aromatic N) is 5. The number of amides is 2. The zero-order valence-corrected chi connectivity index (χ0v) is 19.3. The highest BCUT2D eigenvalue weighted by Crippen LogP contribution is 2.25. The van der Waals surface area contributed by atoms with E-state index in [9.17, 15) is 9.59 Å². The van der Waals surface area contributed by atoms with E-state index in [0.717, 1.165) is 42.7 Å². The minimum Gasteiger partial charge on any atom is -0.337 e. The van der Waals surface area contributed by atoms with E-state index in [1.807, 2.05) is 27.5 Å². The van der Waals surface area contributed by atoms with Crippen molar-refractivity contribution < 1.29 is 9.59 Å². The van der Waals surface area contributed by atoms with E-state index in [4.69, 9.17) is 0 Å². The number of halogens is 2. The molecular formula is C20H30Cl2N6O2. The Morgan fingerprint density at radius 3 is 2.73 bits per heavy atom. The van der Waals surface area contributed by atoms with Gasteiger partial charge in [0.15, 0.2) is 5.65 Å². The number of aryl methyl sites for hydroxylation is 1. The van der Waals surface area contributed by atoms with Crippen LogP contribution in [0.1, 0.15) is 48.8 Å². The third kappa shape index (κ3) is 4.55. The van der Waals surface area contributed by atoms with E-state index >= 15 is 0 Å². The van der Waals surface area contributed by atoms with Crippen molar-refractivity contribution in [2.45, 2.75) is 45.7 Å². The second-order valence-corrected chi connectivity index (χ2v) is 8.04. The first kappa shape index (κ1) is 24.4. The van der Waals surface area contributed by atoms with Crippen LogP contribution in [-0.2, 0) is 4.79 Å². The number of carbonyl (C=O) groups is 2. The largest absolute Gasteiger partial charge is 0.337 e. The van der Waals surface area contributed by atoms with E-state index in [1.54, 1.807) is 6.20 Å². The standard InChI is InChI=1S/C20H28N6O2.2ClH/c1-13(2)26-19-17(10-22-26)16(9-14(3)23-19)20(28)24-7-4-5-15(12-24)25-8-6-21-11-18(25)27;;/h9-10,13,15,21H,4-8,11-12H2,1-3H3;2*1H. The highest BCUT2D eigenvalue weighted by molar-refractivity contribution is 6.05. The maximum absolute atomic E-state index is 13.4. The van der Waals surface area contributed by atoms with Gasteiger partial charge < -0.3 is 15.1 Å². The summed E-state index contributed by atoms with van der Waals surface area (Å²) in [6, 6.07) is 2.13. The van der Waals surface area contributed by atoms with Gasteiger partial charge in [0.1, 0.15) is 0 Å². The summed E-state index contributed by atoms with van der Waals surface area (Å²) in [5.74, 6) is 0.136. The molecule has 30 heavy (non-hydrogen) atoms. The Hall–Kier alpha value is -1.90. The van der Waals surface area contributed by atoms with Crippen LogP contribution >= 0.6 is 24.8 Å². The normalized spacial score (nSPS) is 19.6. The summed E-state index contributed by atoms with van der Waals surface area (Å²) in [6.45, 7) is 9.24. The van der Waals surface area contributed by atoms with E-state index < -0.39 is 0 Å². The SMILES string of the molecule is Cc1cc(C(=O)N2CCCC(N3CCNCC3=O)C2)c2cnn(C(C)C)c2n1.Cl.Cl. The molecule has 0 radical (unpaired) electrons. The molecule has 2 aliphatic rings. The van der Waals surface area contributed by atoms with Crippen molar-refractivity contribution >= 4 is 47.7 Å². The van der Waals surface area contributed by atoms with Crippen LogP contribution in [0.4, 0.5) is 0 Å². The zero-order chi connectivity index (χ0) is 19.8. The number of piperazine rings is 1. The van der Waals surface area contributed by atoms with Gasteiger partial charge in [0.2, 0.25) is 5.91 Å². The Kier molecular flexibility index (Phi) is 8.07. The van der Waals surface area contributed by atoms with Crippen molar-refractivity contribution in [1.29, 1.82) is 0 Å².